The molecule has 0 heterocycles. The topological polar surface area (TPSA) is 52.3 Å². The van der Waals surface area contributed by atoms with Crippen LogP contribution in [0.3, 0.4) is 0 Å². The standard InChI is InChI=1S/C19H15F4NO2/c20-16(18(24)25)17(13-5-4-11-2-1-3-12(11)10-13)26-15-8-6-14(7-9-15)19(21,22)23/h4-10H,1-3H2,(H2,24,25). The van der Waals surface area contributed by atoms with Crippen molar-refractivity contribution in [3.05, 3.63) is 70.5 Å². The van der Waals surface area contributed by atoms with Crippen molar-refractivity contribution in [1.82, 2.24) is 0 Å². The molecule has 2 aromatic carbocycles. The zero-order chi connectivity index (χ0) is 18.9. The maximum atomic E-state index is 14.3. The number of hydrogen-bond acceptors (Lipinski definition) is 2. The molecule has 0 atom stereocenters. The van der Waals surface area contributed by atoms with Gasteiger partial charge in [0.15, 0.2) is 5.76 Å². The molecule has 2 aromatic rings. The van der Waals surface area contributed by atoms with Crippen molar-refractivity contribution in [3.8, 4) is 5.75 Å². The number of fused-ring (bicyclic) bond motifs is 1. The molecule has 0 fully saturated rings. The van der Waals surface area contributed by atoms with Crippen molar-refractivity contribution in [2.75, 3.05) is 0 Å². The van der Waals surface area contributed by atoms with Crippen LogP contribution in [0.15, 0.2) is 48.3 Å². The molecule has 136 valence electrons. The SMILES string of the molecule is NC(=O)C(F)=C(Oc1ccc(C(F)(F)F)cc1)c1ccc2c(c1)CCC2. The summed E-state index contributed by atoms with van der Waals surface area (Å²) in [6, 6.07) is 8.89. The van der Waals surface area contributed by atoms with Gasteiger partial charge in [-0.05, 0) is 60.7 Å². The number of primary amides is 1. The molecule has 1 amide bonds. The fraction of sp³-hybridized carbons (Fsp3) is 0.211. The number of hydrogen-bond donors (Lipinski definition) is 1. The van der Waals surface area contributed by atoms with Crippen LogP contribution in [-0.2, 0) is 23.8 Å². The lowest BCUT2D eigenvalue weighted by atomic mass is 10.0. The Morgan fingerprint density at radius 3 is 2.27 bits per heavy atom. The molecule has 0 spiro atoms. The minimum atomic E-state index is -4.49. The first-order valence-corrected chi connectivity index (χ1v) is 7.92. The highest BCUT2D eigenvalue weighted by atomic mass is 19.4. The van der Waals surface area contributed by atoms with Crippen molar-refractivity contribution >= 4 is 11.7 Å². The van der Waals surface area contributed by atoms with Gasteiger partial charge in [0.25, 0.3) is 5.91 Å². The minimum Gasteiger partial charge on any atom is -0.453 e. The fourth-order valence-electron chi connectivity index (χ4n) is 2.89. The van der Waals surface area contributed by atoms with E-state index in [1.807, 2.05) is 6.07 Å². The smallest absolute Gasteiger partial charge is 0.416 e. The molecule has 0 radical (unpaired) electrons. The van der Waals surface area contributed by atoms with Crippen LogP contribution in [0.5, 0.6) is 5.75 Å². The average molecular weight is 365 g/mol. The van der Waals surface area contributed by atoms with Crippen LogP contribution in [-0.4, -0.2) is 5.91 Å². The van der Waals surface area contributed by atoms with E-state index in [1.54, 1.807) is 12.1 Å². The highest BCUT2D eigenvalue weighted by Gasteiger charge is 2.30. The fourth-order valence-corrected chi connectivity index (χ4v) is 2.89. The molecule has 0 unspecified atom stereocenters. The predicted octanol–water partition coefficient (Wildman–Crippen LogP) is 4.40. The summed E-state index contributed by atoms with van der Waals surface area (Å²) < 4.78 is 57.6. The van der Waals surface area contributed by atoms with E-state index in [0.717, 1.165) is 54.7 Å². The molecule has 3 rings (SSSR count). The molecule has 0 bridgehead atoms. The molecular formula is C19H15F4NO2. The summed E-state index contributed by atoms with van der Waals surface area (Å²) in [4.78, 5) is 11.3. The number of carbonyl (C=O) groups is 1. The number of amides is 1. The highest BCUT2D eigenvalue weighted by Crippen LogP contribution is 2.33. The van der Waals surface area contributed by atoms with Crippen molar-refractivity contribution in [3.63, 3.8) is 0 Å². The second-order valence-electron chi connectivity index (χ2n) is 5.97. The lowest BCUT2D eigenvalue weighted by Crippen LogP contribution is -2.14. The summed E-state index contributed by atoms with van der Waals surface area (Å²) in [6.07, 6.45) is -1.76. The lowest BCUT2D eigenvalue weighted by Gasteiger charge is -2.13. The third-order valence-corrected chi connectivity index (χ3v) is 4.18. The zero-order valence-corrected chi connectivity index (χ0v) is 13.6. The highest BCUT2D eigenvalue weighted by molar-refractivity contribution is 5.96. The lowest BCUT2D eigenvalue weighted by molar-refractivity contribution is -0.137. The molecule has 0 saturated carbocycles. The Labute approximate surface area is 147 Å². The van der Waals surface area contributed by atoms with Crippen molar-refractivity contribution < 1.29 is 27.1 Å². The number of aryl methyl sites for hydroxylation is 2. The number of carbonyl (C=O) groups excluding carboxylic acids is 1. The minimum absolute atomic E-state index is 0.0371. The number of ether oxygens (including phenoxy) is 1. The maximum absolute atomic E-state index is 14.3. The van der Waals surface area contributed by atoms with Crippen LogP contribution in [0.2, 0.25) is 0 Å². The van der Waals surface area contributed by atoms with E-state index >= 15 is 0 Å². The molecule has 0 aromatic heterocycles. The van der Waals surface area contributed by atoms with Crippen LogP contribution >= 0.6 is 0 Å². The third kappa shape index (κ3) is 3.71. The molecule has 26 heavy (non-hydrogen) atoms. The Hall–Kier alpha value is -2.83. The maximum Gasteiger partial charge on any atom is 0.416 e. The molecule has 2 N–H and O–H groups in total. The van der Waals surface area contributed by atoms with Gasteiger partial charge in [0, 0.05) is 5.56 Å². The van der Waals surface area contributed by atoms with E-state index in [1.165, 1.54) is 0 Å². The van der Waals surface area contributed by atoms with Crippen LogP contribution in [0.25, 0.3) is 5.76 Å². The van der Waals surface area contributed by atoms with Gasteiger partial charge in [0.05, 0.1) is 5.56 Å². The summed E-state index contributed by atoms with van der Waals surface area (Å²) in [5, 5.41) is 0. The van der Waals surface area contributed by atoms with Gasteiger partial charge >= 0.3 is 6.18 Å². The van der Waals surface area contributed by atoms with Gasteiger partial charge in [-0.25, -0.2) is 0 Å². The molecule has 1 aliphatic carbocycles. The molecule has 0 aliphatic heterocycles. The summed E-state index contributed by atoms with van der Waals surface area (Å²) in [6.45, 7) is 0. The second-order valence-corrected chi connectivity index (χ2v) is 5.97. The Morgan fingerprint density at radius 2 is 1.65 bits per heavy atom. The number of rotatable bonds is 4. The normalized spacial score (nSPS) is 14.6. The second kappa shape index (κ2) is 6.82. The van der Waals surface area contributed by atoms with Gasteiger partial charge in [0.1, 0.15) is 5.75 Å². The first kappa shape index (κ1) is 18.0. The van der Waals surface area contributed by atoms with E-state index in [9.17, 15) is 22.4 Å². The largest absolute Gasteiger partial charge is 0.453 e. The van der Waals surface area contributed by atoms with E-state index in [2.05, 4.69) is 0 Å². The van der Waals surface area contributed by atoms with E-state index < -0.39 is 29.2 Å². The molecule has 0 saturated heterocycles. The average Bonchev–Trinajstić information content (AvgIpc) is 3.06. The van der Waals surface area contributed by atoms with Gasteiger partial charge in [-0.15, -0.1) is 0 Å². The van der Waals surface area contributed by atoms with Crippen molar-refractivity contribution in [2.45, 2.75) is 25.4 Å². The van der Waals surface area contributed by atoms with Gasteiger partial charge in [0.2, 0.25) is 5.83 Å². The predicted molar refractivity (Wildman–Crippen MR) is 87.8 cm³/mol. The van der Waals surface area contributed by atoms with Gasteiger partial charge in [-0.2, -0.15) is 17.6 Å². The summed E-state index contributed by atoms with van der Waals surface area (Å²) in [5.41, 5.74) is 6.63. The number of alkyl halides is 3. The number of benzene rings is 2. The van der Waals surface area contributed by atoms with Crippen LogP contribution in [0, 0.1) is 0 Å². The monoisotopic (exact) mass is 365 g/mol. The number of nitrogens with two attached hydrogens (primary N) is 1. The third-order valence-electron chi connectivity index (χ3n) is 4.18. The Morgan fingerprint density at radius 1 is 1.00 bits per heavy atom. The summed E-state index contributed by atoms with van der Waals surface area (Å²) in [7, 11) is 0. The van der Waals surface area contributed by atoms with Gasteiger partial charge in [-0.1, -0.05) is 12.1 Å². The van der Waals surface area contributed by atoms with Gasteiger partial charge < -0.3 is 10.5 Å². The molecule has 3 nitrogen and oxygen atoms in total. The zero-order valence-electron chi connectivity index (χ0n) is 13.6. The van der Waals surface area contributed by atoms with Crippen molar-refractivity contribution in [2.24, 2.45) is 5.73 Å². The van der Waals surface area contributed by atoms with E-state index in [4.69, 9.17) is 10.5 Å². The summed E-state index contributed by atoms with van der Waals surface area (Å²) >= 11 is 0. The quantitative estimate of drug-likeness (QED) is 0.496. The number of halogens is 4. The van der Waals surface area contributed by atoms with Crippen LogP contribution < -0.4 is 10.5 Å². The first-order valence-electron chi connectivity index (χ1n) is 7.92. The summed E-state index contributed by atoms with van der Waals surface area (Å²) in [5.74, 6) is -3.05. The molecule has 7 heteroatoms. The Balaban J connectivity index is 1.96. The molecular weight excluding hydrogens is 350 g/mol. The molecule has 1 aliphatic rings. The van der Waals surface area contributed by atoms with E-state index in [-0.39, 0.29) is 5.75 Å². The Kier molecular flexibility index (Phi) is 4.71. The van der Waals surface area contributed by atoms with E-state index in [0.29, 0.717) is 5.56 Å². The first-order chi connectivity index (χ1) is 12.3. The van der Waals surface area contributed by atoms with Crippen LogP contribution in [0.1, 0.15) is 28.7 Å². The van der Waals surface area contributed by atoms with Gasteiger partial charge in [-0.3, -0.25) is 4.79 Å². The Bertz CT molecular complexity index is 870. The van der Waals surface area contributed by atoms with Crippen LogP contribution in [0.4, 0.5) is 17.6 Å². The van der Waals surface area contributed by atoms with Crippen molar-refractivity contribution in [1.29, 1.82) is 0 Å².